The molecule has 3 N–H and O–H groups in total. The van der Waals surface area contributed by atoms with Gasteiger partial charge in [0.1, 0.15) is 0 Å². The second kappa shape index (κ2) is 5.30. The lowest BCUT2D eigenvalue weighted by Gasteiger charge is -2.05. The average Bonchev–Trinajstić information content (AvgIpc) is 2.77. The molecule has 0 bridgehead atoms. The molecule has 0 saturated carbocycles. The second-order valence-electron chi connectivity index (χ2n) is 3.60. The summed E-state index contributed by atoms with van der Waals surface area (Å²) in [6, 6.07) is 5.48. The number of sulfonamides is 2. The van der Waals surface area contributed by atoms with Crippen molar-refractivity contribution >= 4 is 48.8 Å². The summed E-state index contributed by atoms with van der Waals surface area (Å²) >= 11 is 6.39. The number of hydrogen-bond acceptors (Lipinski definition) is 6. The highest BCUT2D eigenvalue weighted by Gasteiger charge is 2.18. The number of rotatable bonds is 4. The molecule has 1 heterocycles. The minimum Gasteiger partial charge on any atom is -0.263 e. The van der Waals surface area contributed by atoms with Crippen molar-refractivity contribution in [2.24, 2.45) is 5.14 Å². The fourth-order valence-corrected chi connectivity index (χ4v) is 3.82. The van der Waals surface area contributed by atoms with Gasteiger partial charge in [-0.1, -0.05) is 11.6 Å². The maximum Gasteiger partial charge on any atom is 0.265 e. The summed E-state index contributed by atoms with van der Waals surface area (Å²) in [7, 11) is -7.82. The summed E-state index contributed by atoms with van der Waals surface area (Å²) in [6.07, 6.45) is 0. The number of benzene rings is 1. The van der Waals surface area contributed by atoms with Crippen LogP contribution in [-0.2, 0) is 20.0 Å². The van der Waals surface area contributed by atoms with Crippen molar-refractivity contribution in [1.29, 1.82) is 0 Å². The first-order valence-electron chi connectivity index (χ1n) is 4.95. The number of nitrogens with one attached hydrogen (secondary N) is 1. The van der Waals surface area contributed by atoms with Crippen molar-refractivity contribution in [3.8, 4) is 0 Å². The van der Waals surface area contributed by atoms with E-state index in [2.05, 4.69) is 9.71 Å². The molecule has 0 aliphatic carbocycles. The van der Waals surface area contributed by atoms with Crippen molar-refractivity contribution < 1.29 is 16.8 Å². The predicted molar refractivity (Wildman–Crippen MR) is 75.7 cm³/mol. The molecular formula is C9H8ClN3O4S3. The van der Waals surface area contributed by atoms with Gasteiger partial charge in [0, 0.05) is 10.4 Å². The van der Waals surface area contributed by atoms with Gasteiger partial charge in [0.25, 0.3) is 20.0 Å². The van der Waals surface area contributed by atoms with Gasteiger partial charge in [-0.05, 0) is 24.3 Å². The molecule has 7 nitrogen and oxygen atoms in total. The minimum absolute atomic E-state index is 0.0212. The lowest BCUT2D eigenvalue weighted by molar-refractivity contribution is 0.595. The Hall–Kier alpha value is -1.20. The van der Waals surface area contributed by atoms with Crippen LogP contribution in [0.4, 0.5) is 5.82 Å². The number of primary sulfonamides is 1. The highest BCUT2D eigenvalue weighted by Crippen LogP contribution is 2.21. The Kier molecular flexibility index (Phi) is 4.02. The third-order valence-electron chi connectivity index (χ3n) is 2.09. The van der Waals surface area contributed by atoms with Gasteiger partial charge in [-0.3, -0.25) is 4.72 Å². The van der Waals surface area contributed by atoms with Gasteiger partial charge in [-0.2, -0.15) is 0 Å². The largest absolute Gasteiger partial charge is 0.265 e. The molecule has 2 rings (SSSR count). The van der Waals surface area contributed by atoms with Gasteiger partial charge in [-0.15, -0.1) is 11.3 Å². The standard InChI is InChI=1S/C9H8ClN3O4S3/c10-6-1-3-7(4-2-6)20(16,17)13-8-5-18-9(12-8)19(11,14)15/h1-5,13H,(H2,11,14,15). The molecule has 11 heteroatoms. The Balaban J connectivity index is 2.29. The van der Waals surface area contributed by atoms with E-state index in [9.17, 15) is 16.8 Å². The molecule has 0 aliphatic rings. The topological polar surface area (TPSA) is 119 Å². The zero-order valence-corrected chi connectivity index (χ0v) is 12.9. The van der Waals surface area contributed by atoms with Crippen LogP contribution in [0.25, 0.3) is 0 Å². The first-order valence-corrected chi connectivity index (χ1v) is 9.24. The fourth-order valence-electron chi connectivity index (χ4n) is 1.25. The number of nitrogens with zero attached hydrogens (tertiary/aromatic N) is 1. The first-order chi connectivity index (χ1) is 9.18. The molecule has 0 amide bonds. The van der Waals surface area contributed by atoms with Crippen molar-refractivity contribution in [3.05, 3.63) is 34.7 Å². The third kappa shape index (κ3) is 3.46. The van der Waals surface area contributed by atoms with E-state index in [4.69, 9.17) is 16.7 Å². The van der Waals surface area contributed by atoms with Crippen molar-refractivity contribution in [2.45, 2.75) is 9.24 Å². The summed E-state index contributed by atoms with van der Waals surface area (Å²) in [6.45, 7) is 0. The number of anilines is 1. The minimum atomic E-state index is -3.95. The molecular weight excluding hydrogens is 346 g/mol. The van der Waals surface area contributed by atoms with Crippen LogP contribution in [0.5, 0.6) is 0 Å². The van der Waals surface area contributed by atoms with E-state index >= 15 is 0 Å². The molecule has 2 aromatic rings. The third-order valence-corrected chi connectivity index (χ3v) is 5.91. The number of nitrogens with two attached hydrogens (primary N) is 1. The molecule has 108 valence electrons. The second-order valence-corrected chi connectivity index (χ2v) is 8.32. The van der Waals surface area contributed by atoms with Gasteiger partial charge in [-0.25, -0.2) is 27.0 Å². The van der Waals surface area contributed by atoms with Crippen LogP contribution < -0.4 is 9.86 Å². The lowest BCUT2D eigenvalue weighted by Crippen LogP contribution is -2.14. The number of halogens is 1. The van der Waals surface area contributed by atoms with Crippen LogP contribution in [0.2, 0.25) is 5.02 Å². The van der Waals surface area contributed by atoms with Crippen LogP contribution >= 0.6 is 22.9 Å². The number of aromatic nitrogens is 1. The Bertz CT molecular complexity index is 828. The molecule has 0 aliphatic heterocycles. The highest BCUT2D eigenvalue weighted by molar-refractivity contribution is 7.93. The average molecular weight is 354 g/mol. The van der Waals surface area contributed by atoms with E-state index in [0.717, 1.165) is 11.3 Å². The first kappa shape index (κ1) is 15.2. The molecule has 0 unspecified atom stereocenters. The summed E-state index contributed by atoms with van der Waals surface area (Å²) in [4.78, 5) is 3.58. The van der Waals surface area contributed by atoms with Gasteiger partial charge in [0.15, 0.2) is 5.82 Å². The molecule has 0 radical (unpaired) electrons. The SMILES string of the molecule is NS(=O)(=O)c1nc(NS(=O)(=O)c2ccc(Cl)cc2)cs1. The van der Waals surface area contributed by atoms with Gasteiger partial charge in [0.05, 0.1) is 4.90 Å². The van der Waals surface area contributed by atoms with E-state index in [-0.39, 0.29) is 15.1 Å². The smallest absolute Gasteiger partial charge is 0.263 e. The molecule has 0 fully saturated rings. The number of hydrogen-bond donors (Lipinski definition) is 2. The van der Waals surface area contributed by atoms with Crippen LogP contribution in [-0.4, -0.2) is 21.8 Å². The molecule has 0 spiro atoms. The van der Waals surface area contributed by atoms with Crippen molar-refractivity contribution in [3.63, 3.8) is 0 Å². The van der Waals surface area contributed by atoms with Gasteiger partial charge in [0.2, 0.25) is 4.34 Å². The molecule has 0 atom stereocenters. The van der Waals surface area contributed by atoms with Gasteiger partial charge < -0.3 is 0 Å². The maximum absolute atomic E-state index is 12.0. The molecule has 0 saturated heterocycles. The van der Waals surface area contributed by atoms with E-state index in [0.29, 0.717) is 5.02 Å². The highest BCUT2D eigenvalue weighted by atomic mass is 35.5. The van der Waals surface area contributed by atoms with Crippen molar-refractivity contribution in [2.75, 3.05) is 4.72 Å². The summed E-state index contributed by atoms with van der Waals surface area (Å²) in [5, 5.41) is 6.53. The van der Waals surface area contributed by atoms with Crippen molar-refractivity contribution in [1.82, 2.24) is 4.98 Å². The molecule has 1 aromatic heterocycles. The quantitative estimate of drug-likeness (QED) is 0.857. The Morgan fingerprint density at radius 2 is 1.75 bits per heavy atom. The van der Waals surface area contributed by atoms with E-state index in [1.54, 1.807) is 0 Å². The normalized spacial score (nSPS) is 12.3. The lowest BCUT2D eigenvalue weighted by atomic mass is 10.4. The van der Waals surface area contributed by atoms with Gasteiger partial charge >= 0.3 is 0 Å². The van der Waals surface area contributed by atoms with E-state index in [1.165, 1.54) is 29.6 Å². The Labute approximate surface area is 124 Å². The zero-order chi connectivity index (χ0) is 15.0. The summed E-state index contributed by atoms with van der Waals surface area (Å²) < 4.78 is 47.9. The predicted octanol–water partition coefficient (Wildman–Crippen LogP) is 1.24. The number of thiazole rings is 1. The van der Waals surface area contributed by atoms with E-state index < -0.39 is 20.0 Å². The Morgan fingerprint density at radius 3 is 2.25 bits per heavy atom. The van der Waals surface area contributed by atoms with Crippen LogP contribution in [0.15, 0.2) is 38.9 Å². The Morgan fingerprint density at radius 1 is 1.15 bits per heavy atom. The summed E-state index contributed by atoms with van der Waals surface area (Å²) in [5.74, 6) is -0.117. The molecule has 20 heavy (non-hydrogen) atoms. The van der Waals surface area contributed by atoms with Crippen LogP contribution in [0, 0.1) is 0 Å². The fraction of sp³-hybridized carbons (Fsp3) is 0. The van der Waals surface area contributed by atoms with Crippen LogP contribution in [0.1, 0.15) is 0 Å². The van der Waals surface area contributed by atoms with E-state index in [1.807, 2.05) is 0 Å². The van der Waals surface area contributed by atoms with Crippen LogP contribution in [0.3, 0.4) is 0 Å². The maximum atomic E-state index is 12.0. The monoisotopic (exact) mass is 353 g/mol. The molecule has 1 aromatic carbocycles. The zero-order valence-electron chi connectivity index (χ0n) is 9.65. The summed E-state index contributed by atoms with van der Waals surface area (Å²) in [5.41, 5.74) is 0.